The molecule has 0 bridgehead atoms. The summed E-state index contributed by atoms with van der Waals surface area (Å²) in [5.41, 5.74) is 1.72. The SMILES string of the molecule is COc1ccc(-n2c(C)nnc2S[C@H](C)C(=O)Nc2cccc3ccccc23)cc1. The molecule has 6 nitrogen and oxygen atoms in total. The zero-order valence-corrected chi connectivity index (χ0v) is 17.8. The van der Waals surface area contributed by atoms with E-state index in [-0.39, 0.29) is 11.2 Å². The maximum atomic E-state index is 12.9. The Hall–Kier alpha value is -3.32. The molecule has 3 aromatic carbocycles. The summed E-state index contributed by atoms with van der Waals surface area (Å²) in [7, 11) is 1.64. The van der Waals surface area contributed by atoms with E-state index >= 15 is 0 Å². The Bertz CT molecular complexity index is 1180. The molecule has 0 unspecified atom stereocenters. The molecule has 1 amide bonds. The number of aryl methyl sites for hydroxylation is 1. The molecule has 7 heteroatoms. The fourth-order valence-electron chi connectivity index (χ4n) is 3.23. The number of rotatable bonds is 6. The third-order valence-corrected chi connectivity index (χ3v) is 5.87. The van der Waals surface area contributed by atoms with Gasteiger partial charge in [0.1, 0.15) is 11.6 Å². The largest absolute Gasteiger partial charge is 0.497 e. The minimum atomic E-state index is -0.357. The second kappa shape index (κ2) is 8.59. The lowest BCUT2D eigenvalue weighted by Gasteiger charge is -2.14. The fraction of sp³-hybridized carbons (Fsp3) is 0.174. The summed E-state index contributed by atoms with van der Waals surface area (Å²) in [5.74, 6) is 1.45. The molecule has 0 aliphatic carbocycles. The monoisotopic (exact) mass is 418 g/mol. The van der Waals surface area contributed by atoms with Crippen molar-refractivity contribution in [1.82, 2.24) is 14.8 Å². The van der Waals surface area contributed by atoms with Gasteiger partial charge < -0.3 is 10.1 Å². The number of nitrogens with one attached hydrogen (secondary N) is 1. The second-order valence-corrected chi connectivity index (χ2v) is 8.15. The summed E-state index contributed by atoms with van der Waals surface area (Å²) < 4.78 is 7.17. The molecule has 1 heterocycles. The predicted octanol–water partition coefficient (Wildman–Crippen LogP) is 4.86. The van der Waals surface area contributed by atoms with Crippen molar-refractivity contribution in [3.63, 3.8) is 0 Å². The number of nitrogens with zero attached hydrogens (tertiary/aromatic N) is 3. The average Bonchev–Trinajstić information content (AvgIpc) is 3.13. The molecule has 4 aromatic rings. The molecule has 0 aliphatic heterocycles. The molecule has 0 saturated heterocycles. The van der Waals surface area contributed by atoms with E-state index in [9.17, 15) is 4.79 Å². The van der Waals surface area contributed by atoms with E-state index in [0.717, 1.165) is 33.7 Å². The van der Waals surface area contributed by atoms with Gasteiger partial charge in [0, 0.05) is 16.8 Å². The van der Waals surface area contributed by atoms with Gasteiger partial charge in [-0.2, -0.15) is 0 Å². The highest BCUT2D eigenvalue weighted by Crippen LogP contribution is 2.28. The van der Waals surface area contributed by atoms with Gasteiger partial charge >= 0.3 is 0 Å². The van der Waals surface area contributed by atoms with Gasteiger partial charge in [-0.15, -0.1) is 10.2 Å². The molecule has 0 aliphatic rings. The van der Waals surface area contributed by atoms with Gasteiger partial charge in [-0.1, -0.05) is 48.2 Å². The van der Waals surface area contributed by atoms with E-state index in [0.29, 0.717) is 5.16 Å². The number of hydrogen-bond donors (Lipinski definition) is 1. The summed E-state index contributed by atoms with van der Waals surface area (Å²) in [6.07, 6.45) is 0. The van der Waals surface area contributed by atoms with E-state index in [1.54, 1.807) is 7.11 Å². The van der Waals surface area contributed by atoms with Crippen LogP contribution >= 0.6 is 11.8 Å². The van der Waals surface area contributed by atoms with E-state index in [1.807, 2.05) is 85.1 Å². The number of carbonyl (C=O) groups excluding carboxylic acids is 1. The molecular formula is C23H22N4O2S. The summed E-state index contributed by atoms with van der Waals surface area (Å²) in [4.78, 5) is 12.9. The van der Waals surface area contributed by atoms with Crippen LogP contribution in [0.3, 0.4) is 0 Å². The van der Waals surface area contributed by atoms with Crippen LogP contribution in [-0.4, -0.2) is 33.0 Å². The van der Waals surface area contributed by atoms with Gasteiger partial charge in [0.25, 0.3) is 0 Å². The van der Waals surface area contributed by atoms with Crippen LogP contribution < -0.4 is 10.1 Å². The van der Waals surface area contributed by atoms with Crippen molar-refractivity contribution >= 4 is 34.1 Å². The van der Waals surface area contributed by atoms with E-state index in [2.05, 4.69) is 15.5 Å². The highest BCUT2D eigenvalue weighted by atomic mass is 32.2. The quantitative estimate of drug-likeness (QED) is 0.453. The number of amides is 1. The molecular weight excluding hydrogens is 396 g/mol. The molecule has 4 rings (SSSR count). The minimum absolute atomic E-state index is 0.0849. The highest BCUT2D eigenvalue weighted by molar-refractivity contribution is 8.00. The first-order valence-corrected chi connectivity index (χ1v) is 10.5. The number of methoxy groups -OCH3 is 1. The van der Waals surface area contributed by atoms with Gasteiger partial charge in [0.2, 0.25) is 5.91 Å². The molecule has 0 fully saturated rings. The number of ether oxygens (including phenoxy) is 1. The maximum absolute atomic E-state index is 12.9. The number of carbonyl (C=O) groups is 1. The molecule has 0 spiro atoms. The van der Waals surface area contributed by atoms with Crippen LogP contribution in [0.25, 0.3) is 16.5 Å². The van der Waals surface area contributed by atoms with Crippen LogP contribution in [-0.2, 0) is 4.79 Å². The standard InChI is InChI=1S/C23H22N4O2S/c1-15(22(28)24-21-10-6-8-17-7-4-5-9-20(17)21)30-23-26-25-16(2)27(23)18-11-13-19(29-3)14-12-18/h4-15H,1-3H3,(H,24,28)/t15-/m1/s1. The minimum Gasteiger partial charge on any atom is -0.497 e. The van der Waals surface area contributed by atoms with Crippen molar-refractivity contribution in [1.29, 1.82) is 0 Å². The van der Waals surface area contributed by atoms with Gasteiger partial charge in [0.15, 0.2) is 5.16 Å². The normalized spacial score (nSPS) is 12.0. The second-order valence-electron chi connectivity index (χ2n) is 6.84. The summed E-state index contributed by atoms with van der Waals surface area (Å²) >= 11 is 1.37. The van der Waals surface area contributed by atoms with Crippen LogP contribution in [0.2, 0.25) is 0 Å². The Morgan fingerprint density at radius 1 is 1.03 bits per heavy atom. The maximum Gasteiger partial charge on any atom is 0.237 e. The zero-order valence-electron chi connectivity index (χ0n) is 17.0. The molecule has 1 N–H and O–H groups in total. The van der Waals surface area contributed by atoms with Crippen molar-refractivity contribution in [3.8, 4) is 11.4 Å². The lowest BCUT2D eigenvalue weighted by atomic mass is 10.1. The highest BCUT2D eigenvalue weighted by Gasteiger charge is 2.20. The lowest BCUT2D eigenvalue weighted by Crippen LogP contribution is -2.23. The van der Waals surface area contributed by atoms with Gasteiger partial charge in [-0.05, 0) is 49.6 Å². The average molecular weight is 419 g/mol. The van der Waals surface area contributed by atoms with Crippen molar-refractivity contribution < 1.29 is 9.53 Å². The zero-order chi connectivity index (χ0) is 21.1. The first-order valence-electron chi connectivity index (χ1n) is 9.58. The van der Waals surface area contributed by atoms with E-state index in [1.165, 1.54) is 11.8 Å². The van der Waals surface area contributed by atoms with Crippen LogP contribution in [0.15, 0.2) is 71.9 Å². The molecule has 0 radical (unpaired) electrons. The van der Waals surface area contributed by atoms with Crippen LogP contribution in [0, 0.1) is 6.92 Å². The van der Waals surface area contributed by atoms with Crippen LogP contribution in [0.1, 0.15) is 12.7 Å². The van der Waals surface area contributed by atoms with Gasteiger partial charge in [0.05, 0.1) is 12.4 Å². The van der Waals surface area contributed by atoms with Crippen molar-refractivity contribution in [2.45, 2.75) is 24.3 Å². The van der Waals surface area contributed by atoms with Crippen LogP contribution in [0.4, 0.5) is 5.69 Å². The summed E-state index contributed by atoms with van der Waals surface area (Å²) in [6.45, 7) is 3.76. The van der Waals surface area contributed by atoms with Gasteiger partial charge in [-0.3, -0.25) is 9.36 Å². The van der Waals surface area contributed by atoms with Crippen LogP contribution in [0.5, 0.6) is 5.75 Å². The van der Waals surface area contributed by atoms with Gasteiger partial charge in [-0.25, -0.2) is 0 Å². The Kier molecular flexibility index (Phi) is 5.72. The third kappa shape index (κ3) is 4.02. The molecule has 152 valence electrons. The topological polar surface area (TPSA) is 69.0 Å². The third-order valence-electron chi connectivity index (χ3n) is 4.82. The molecule has 1 atom stereocenters. The Morgan fingerprint density at radius 2 is 1.77 bits per heavy atom. The van der Waals surface area contributed by atoms with E-state index in [4.69, 9.17) is 4.74 Å². The number of fused-ring (bicyclic) bond motifs is 1. The number of benzene rings is 3. The smallest absolute Gasteiger partial charge is 0.237 e. The Balaban J connectivity index is 1.54. The Labute approximate surface area is 179 Å². The van der Waals surface area contributed by atoms with Crippen molar-refractivity contribution in [3.05, 3.63) is 72.6 Å². The number of hydrogen-bond acceptors (Lipinski definition) is 5. The summed E-state index contributed by atoms with van der Waals surface area (Å²) in [6, 6.07) is 21.6. The first kappa shape index (κ1) is 20.0. The number of thioether (sulfide) groups is 1. The lowest BCUT2D eigenvalue weighted by molar-refractivity contribution is -0.115. The first-order chi connectivity index (χ1) is 14.6. The number of aromatic nitrogens is 3. The van der Waals surface area contributed by atoms with E-state index < -0.39 is 0 Å². The fourth-order valence-corrected chi connectivity index (χ4v) is 4.14. The molecule has 30 heavy (non-hydrogen) atoms. The molecule has 1 aromatic heterocycles. The predicted molar refractivity (Wildman–Crippen MR) is 121 cm³/mol. The Morgan fingerprint density at radius 3 is 2.53 bits per heavy atom. The molecule has 0 saturated carbocycles. The van der Waals surface area contributed by atoms with Crippen molar-refractivity contribution in [2.75, 3.05) is 12.4 Å². The number of anilines is 1. The summed E-state index contributed by atoms with van der Waals surface area (Å²) in [5, 5.41) is 13.9. The van der Waals surface area contributed by atoms with Crippen molar-refractivity contribution in [2.24, 2.45) is 0 Å².